The molecule has 0 saturated heterocycles. The van der Waals surface area contributed by atoms with Crippen LogP contribution in [-0.4, -0.2) is 19.6 Å². The van der Waals surface area contributed by atoms with Gasteiger partial charge in [0.25, 0.3) is 0 Å². The average molecular weight is 504 g/mol. The molecule has 0 saturated carbocycles. The zero-order valence-corrected chi connectivity index (χ0v) is 17.9. The molecule has 0 N–H and O–H groups in total. The molecule has 176 valence electrons. The molecule has 0 aliphatic heterocycles. The molecule has 0 aliphatic carbocycles. The van der Waals surface area contributed by atoms with E-state index in [2.05, 4.69) is 10.2 Å². The van der Waals surface area contributed by atoms with Gasteiger partial charge in [0.2, 0.25) is 0 Å². The minimum absolute atomic E-state index is 0.176. The molecule has 2 aromatic heterocycles. The van der Waals surface area contributed by atoms with Crippen molar-refractivity contribution in [1.82, 2.24) is 19.6 Å². The van der Waals surface area contributed by atoms with Gasteiger partial charge in [-0.25, -0.2) is 9.36 Å². The lowest BCUT2D eigenvalue weighted by Gasteiger charge is -2.11. The van der Waals surface area contributed by atoms with E-state index in [4.69, 9.17) is 0 Å². The van der Waals surface area contributed by atoms with Crippen LogP contribution in [0.25, 0.3) is 11.4 Å². The minimum atomic E-state index is -4.63. The summed E-state index contributed by atoms with van der Waals surface area (Å²) in [6, 6.07) is 14.0. The van der Waals surface area contributed by atoms with Gasteiger partial charge in [0.05, 0.1) is 22.5 Å². The van der Waals surface area contributed by atoms with Crippen LogP contribution in [0.15, 0.2) is 70.7 Å². The molecule has 0 amide bonds. The Kier molecular flexibility index (Phi) is 6.05. The highest BCUT2D eigenvalue weighted by Gasteiger charge is 2.34. The van der Waals surface area contributed by atoms with Gasteiger partial charge >= 0.3 is 12.4 Å². The van der Waals surface area contributed by atoms with Crippen molar-refractivity contribution in [3.63, 3.8) is 0 Å². The summed E-state index contributed by atoms with van der Waals surface area (Å²) in [5.41, 5.74) is -1.36. The Hall–Kier alpha value is -4.23. The first-order valence-corrected chi connectivity index (χ1v) is 10.3. The quantitative estimate of drug-likeness (QED) is 0.319. The van der Waals surface area contributed by atoms with Crippen LogP contribution in [-0.2, 0) is 12.4 Å². The van der Waals surface area contributed by atoms with Crippen molar-refractivity contribution in [2.45, 2.75) is 22.1 Å². The molecule has 2 heterocycles. The van der Waals surface area contributed by atoms with Gasteiger partial charge in [-0.3, -0.25) is 0 Å². The average Bonchev–Trinajstić information content (AvgIpc) is 3.49. The maximum Gasteiger partial charge on any atom is 0.435 e. The smallest absolute Gasteiger partial charge is 0.240 e. The third kappa shape index (κ3) is 5.00. The van der Waals surface area contributed by atoms with Gasteiger partial charge < -0.3 is 0 Å². The number of halogens is 6. The van der Waals surface area contributed by atoms with Crippen LogP contribution in [0.4, 0.5) is 26.3 Å². The van der Waals surface area contributed by atoms with E-state index in [1.165, 1.54) is 36.4 Å². The standard InChI is InChI=1S/C22H10F6N6S/c23-21(24,25)19-5-7-33(31-19)15-3-1-13(11-29)17(9-15)35-18-10-16(4-2-14(18)12-30)34-8-6-20(32-34)22(26,27)28/h1-10H. The molecule has 0 atom stereocenters. The van der Waals surface area contributed by atoms with Gasteiger partial charge in [0.15, 0.2) is 11.4 Å². The first-order chi connectivity index (χ1) is 16.5. The Morgan fingerprint density at radius 3 is 1.37 bits per heavy atom. The highest BCUT2D eigenvalue weighted by molar-refractivity contribution is 7.99. The monoisotopic (exact) mass is 504 g/mol. The molecule has 13 heteroatoms. The van der Waals surface area contributed by atoms with Crippen LogP contribution in [0, 0.1) is 22.7 Å². The van der Waals surface area contributed by atoms with E-state index in [1.807, 2.05) is 12.1 Å². The molecule has 35 heavy (non-hydrogen) atoms. The Morgan fingerprint density at radius 1 is 0.657 bits per heavy atom. The van der Waals surface area contributed by atoms with Crippen LogP contribution in [0.1, 0.15) is 22.5 Å². The third-order valence-electron chi connectivity index (χ3n) is 4.68. The number of hydrogen-bond donors (Lipinski definition) is 0. The van der Waals surface area contributed by atoms with E-state index in [9.17, 15) is 36.9 Å². The number of benzene rings is 2. The first kappa shape index (κ1) is 23.9. The molecular formula is C22H10F6N6S. The van der Waals surface area contributed by atoms with Crippen molar-refractivity contribution in [1.29, 1.82) is 10.5 Å². The Balaban J connectivity index is 1.73. The first-order valence-electron chi connectivity index (χ1n) is 9.52. The van der Waals surface area contributed by atoms with E-state index in [-0.39, 0.29) is 22.5 Å². The summed E-state index contributed by atoms with van der Waals surface area (Å²) < 4.78 is 79.4. The SMILES string of the molecule is N#Cc1ccc(-n2ccc(C(F)(F)F)n2)cc1Sc1cc(-n2ccc(C(F)(F)F)n2)ccc1C#N. The van der Waals surface area contributed by atoms with E-state index in [0.29, 0.717) is 9.79 Å². The molecule has 0 bridgehead atoms. The fourth-order valence-electron chi connectivity index (χ4n) is 3.02. The zero-order valence-electron chi connectivity index (χ0n) is 17.1. The van der Waals surface area contributed by atoms with E-state index < -0.39 is 23.7 Å². The van der Waals surface area contributed by atoms with Crippen LogP contribution in [0.5, 0.6) is 0 Å². The van der Waals surface area contributed by atoms with Crippen molar-refractivity contribution in [2.24, 2.45) is 0 Å². The summed E-state index contributed by atoms with van der Waals surface area (Å²) in [7, 11) is 0. The van der Waals surface area contributed by atoms with Crippen LogP contribution in [0.3, 0.4) is 0 Å². The van der Waals surface area contributed by atoms with Crippen LogP contribution >= 0.6 is 11.8 Å². The molecule has 0 spiro atoms. The van der Waals surface area contributed by atoms with Crippen molar-refractivity contribution < 1.29 is 26.3 Å². The number of hydrogen-bond acceptors (Lipinski definition) is 5. The minimum Gasteiger partial charge on any atom is -0.240 e. The predicted octanol–water partition coefficient (Wildman–Crippen LogP) is 5.99. The van der Waals surface area contributed by atoms with Crippen molar-refractivity contribution >= 4 is 11.8 Å². The highest BCUT2D eigenvalue weighted by atomic mass is 32.2. The zero-order chi connectivity index (χ0) is 25.4. The van der Waals surface area contributed by atoms with E-state index >= 15 is 0 Å². The van der Waals surface area contributed by atoms with Crippen molar-refractivity contribution in [3.05, 3.63) is 83.4 Å². The topological polar surface area (TPSA) is 83.2 Å². The summed E-state index contributed by atoms with van der Waals surface area (Å²) in [4.78, 5) is 0.610. The van der Waals surface area contributed by atoms with Gasteiger partial charge in [-0.2, -0.15) is 47.1 Å². The summed E-state index contributed by atoms with van der Waals surface area (Å²) in [5.74, 6) is 0. The second-order valence-corrected chi connectivity index (χ2v) is 8.06. The molecule has 0 fully saturated rings. The van der Waals surface area contributed by atoms with Crippen molar-refractivity contribution in [2.75, 3.05) is 0 Å². The van der Waals surface area contributed by atoms with Gasteiger partial charge in [-0.15, -0.1) is 0 Å². The lowest BCUT2D eigenvalue weighted by atomic mass is 10.2. The Labute approximate surface area is 197 Å². The normalized spacial score (nSPS) is 11.8. The molecule has 6 nitrogen and oxygen atoms in total. The summed E-state index contributed by atoms with van der Waals surface area (Å²) in [6.07, 6.45) is -7.02. The number of nitrogens with zero attached hydrogens (tertiary/aromatic N) is 6. The van der Waals surface area contributed by atoms with E-state index in [0.717, 1.165) is 45.7 Å². The van der Waals surface area contributed by atoms with Gasteiger partial charge in [-0.1, -0.05) is 11.8 Å². The molecule has 0 unspecified atom stereocenters. The molecule has 4 rings (SSSR count). The fourth-order valence-corrected chi connectivity index (χ4v) is 4.06. The Morgan fingerprint density at radius 2 is 1.06 bits per heavy atom. The molecule has 2 aromatic carbocycles. The van der Waals surface area contributed by atoms with Gasteiger partial charge in [0.1, 0.15) is 12.1 Å². The molecule has 4 aromatic rings. The molecule has 0 aliphatic rings. The van der Waals surface area contributed by atoms with Crippen molar-refractivity contribution in [3.8, 4) is 23.5 Å². The van der Waals surface area contributed by atoms with Crippen LogP contribution in [0.2, 0.25) is 0 Å². The fraction of sp³-hybridized carbons (Fsp3) is 0.0909. The lowest BCUT2D eigenvalue weighted by Crippen LogP contribution is -2.07. The number of rotatable bonds is 4. The summed E-state index contributed by atoms with van der Waals surface area (Å²) in [5, 5.41) is 26.0. The molecular weight excluding hydrogens is 494 g/mol. The second-order valence-electron chi connectivity index (χ2n) is 6.97. The summed E-state index contributed by atoms with van der Waals surface area (Å²) in [6.45, 7) is 0. The highest BCUT2D eigenvalue weighted by Crippen LogP contribution is 2.36. The number of nitriles is 2. The predicted molar refractivity (Wildman–Crippen MR) is 111 cm³/mol. The maximum atomic E-state index is 12.9. The third-order valence-corrected chi connectivity index (χ3v) is 5.79. The molecule has 0 radical (unpaired) electrons. The van der Waals surface area contributed by atoms with Gasteiger partial charge in [-0.05, 0) is 48.5 Å². The Bertz CT molecular complexity index is 1370. The number of aromatic nitrogens is 4. The van der Waals surface area contributed by atoms with Crippen LogP contribution < -0.4 is 0 Å². The largest absolute Gasteiger partial charge is 0.435 e. The van der Waals surface area contributed by atoms with E-state index in [1.54, 1.807) is 0 Å². The number of alkyl halides is 6. The lowest BCUT2D eigenvalue weighted by molar-refractivity contribution is -0.142. The second kappa shape index (κ2) is 8.85. The van der Waals surface area contributed by atoms with Gasteiger partial charge in [0, 0.05) is 22.2 Å². The summed E-state index contributed by atoms with van der Waals surface area (Å²) >= 11 is 0.961. The maximum absolute atomic E-state index is 12.9.